The molecule has 3 saturated heterocycles. The van der Waals surface area contributed by atoms with Gasteiger partial charge in [-0.05, 0) is 69.0 Å². The summed E-state index contributed by atoms with van der Waals surface area (Å²) in [7, 11) is 0. The summed E-state index contributed by atoms with van der Waals surface area (Å²) in [6.07, 6.45) is 7.64. The Hall–Kier alpha value is -1.88. The molecule has 0 saturated carbocycles. The summed E-state index contributed by atoms with van der Waals surface area (Å²) in [5.41, 5.74) is 1.22. The van der Waals surface area contributed by atoms with Gasteiger partial charge in [0.1, 0.15) is 0 Å². The second-order valence-electron chi connectivity index (χ2n) is 10.0. The lowest BCUT2D eigenvalue weighted by Crippen LogP contribution is -2.47. The molecule has 0 N–H and O–H groups in total. The molecule has 0 radical (unpaired) electrons. The van der Waals surface area contributed by atoms with Crippen molar-refractivity contribution in [2.75, 3.05) is 39.3 Å². The predicted molar refractivity (Wildman–Crippen MR) is 123 cm³/mol. The van der Waals surface area contributed by atoms with Gasteiger partial charge in [0.2, 0.25) is 11.8 Å². The number of benzene rings is 1. The summed E-state index contributed by atoms with van der Waals surface area (Å²) in [5, 5.41) is 0. The largest absolute Gasteiger partial charge is 0.342 e. The fourth-order valence-electron chi connectivity index (χ4n) is 5.60. The highest BCUT2D eigenvalue weighted by atomic mass is 16.2. The Kier molecular flexibility index (Phi) is 7.65. The lowest BCUT2D eigenvalue weighted by molar-refractivity contribution is -0.139. The third-order valence-corrected chi connectivity index (χ3v) is 7.73. The fourth-order valence-corrected chi connectivity index (χ4v) is 5.60. The monoisotopic (exact) mass is 425 g/mol. The molecular weight excluding hydrogens is 386 g/mol. The highest BCUT2D eigenvalue weighted by molar-refractivity contribution is 5.79. The third kappa shape index (κ3) is 5.88. The van der Waals surface area contributed by atoms with E-state index in [9.17, 15) is 9.59 Å². The van der Waals surface area contributed by atoms with Crippen LogP contribution in [0.25, 0.3) is 0 Å². The standard InChI is InChI=1S/C26H39N3O2/c1-21-10-17-28(18-11-21)25(30)20-27-15-12-23(13-16-27)24-9-5-6-14-29(26(24)31)19-22-7-3-2-4-8-22/h2-4,7-8,21,23-24H,5-6,9-20H2,1H3/t24-/m1/s1. The van der Waals surface area contributed by atoms with Gasteiger partial charge in [-0.15, -0.1) is 0 Å². The van der Waals surface area contributed by atoms with Crippen molar-refractivity contribution < 1.29 is 9.59 Å². The molecule has 3 fully saturated rings. The number of nitrogens with zero attached hydrogens (tertiary/aromatic N) is 3. The van der Waals surface area contributed by atoms with Crippen LogP contribution in [-0.4, -0.2) is 65.8 Å². The normalized spacial score (nSPS) is 24.9. The molecule has 3 aliphatic rings. The molecule has 0 spiro atoms. The van der Waals surface area contributed by atoms with Gasteiger partial charge in [0.15, 0.2) is 0 Å². The zero-order valence-electron chi connectivity index (χ0n) is 19.2. The molecule has 0 bridgehead atoms. The number of carbonyl (C=O) groups is 2. The highest BCUT2D eigenvalue weighted by Gasteiger charge is 2.35. The Morgan fingerprint density at radius 1 is 0.903 bits per heavy atom. The summed E-state index contributed by atoms with van der Waals surface area (Å²) in [6.45, 7) is 8.19. The lowest BCUT2D eigenvalue weighted by atomic mass is 9.81. The van der Waals surface area contributed by atoms with Gasteiger partial charge in [-0.3, -0.25) is 14.5 Å². The van der Waals surface area contributed by atoms with Gasteiger partial charge in [-0.25, -0.2) is 0 Å². The van der Waals surface area contributed by atoms with Crippen LogP contribution in [0.4, 0.5) is 0 Å². The van der Waals surface area contributed by atoms with E-state index in [4.69, 9.17) is 0 Å². The molecule has 1 atom stereocenters. The number of hydrogen-bond acceptors (Lipinski definition) is 3. The van der Waals surface area contributed by atoms with Crippen molar-refractivity contribution in [3.8, 4) is 0 Å². The van der Waals surface area contributed by atoms with E-state index in [1.165, 1.54) is 5.56 Å². The molecule has 1 aromatic rings. The first kappa shape index (κ1) is 22.3. The van der Waals surface area contributed by atoms with Gasteiger partial charge in [0.25, 0.3) is 0 Å². The van der Waals surface area contributed by atoms with Crippen molar-refractivity contribution in [2.45, 2.75) is 58.4 Å². The first-order valence-electron chi connectivity index (χ1n) is 12.4. The van der Waals surface area contributed by atoms with Gasteiger partial charge in [-0.1, -0.05) is 43.7 Å². The van der Waals surface area contributed by atoms with E-state index < -0.39 is 0 Å². The molecule has 4 rings (SSSR count). The lowest BCUT2D eigenvalue weighted by Gasteiger charge is -2.37. The summed E-state index contributed by atoms with van der Waals surface area (Å²) in [4.78, 5) is 32.6. The predicted octanol–water partition coefficient (Wildman–Crippen LogP) is 3.79. The zero-order chi connectivity index (χ0) is 21.6. The van der Waals surface area contributed by atoms with E-state index in [1.54, 1.807) is 0 Å². The average Bonchev–Trinajstić information content (AvgIpc) is 2.97. The maximum atomic E-state index is 13.4. The van der Waals surface area contributed by atoms with E-state index in [1.807, 2.05) is 6.07 Å². The second-order valence-corrected chi connectivity index (χ2v) is 10.0. The minimum absolute atomic E-state index is 0.160. The zero-order valence-corrected chi connectivity index (χ0v) is 19.2. The van der Waals surface area contributed by atoms with E-state index >= 15 is 0 Å². The molecule has 0 aliphatic carbocycles. The first-order valence-corrected chi connectivity index (χ1v) is 12.4. The van der Waals surface area contributed by atoms with Crippen LogP contribution in [0.2, 0.25) is 0 Å². The van der Waals surface area contributed by atoms with Gasteiger partial charge in [0.05, 0.1) is 6.54 Å². The first-order chi connectivity index (χ1) is 15.1. The third-order valence-electron chi connectivity index (χ3n) is 7.73. The van der Waals surface area contributed by atoms with Crippen molar-refractivity contribution in [3.63, 3.8) is 0 Å². The molecule has 3 aliphatic heterocycles. The summed E-state index contributed by atoms with van der Waals surface area (Å²) >= 11 is 0. The van der Waals surface area contributed by atoms with Crippen LogP contribution in [0.1, 0.15) is 57.4 Å². The molecule has 0 unspecified atom stereocenters. The number of likely N-dealkylation sites (tertiary alicyclic amines) is 3. The molecule has 3 heterocycles. The van der Waals surface area contributed by atoms with Crippen LogP contribution in [-0.2, 0) is 16.1 Å². The number of amides is 2. The van der Waals surface area contributed by atoms with Gasteiger partial charge < -0.3 is 9.80 Å². The van der Waals surface area contributed by atoms with E-state index in [0.29, 0.717) is 24.3 Å². The molecule has 0 aromatic heterocycles. The van der Waals surface area contributed by atoms with Crippen LogP contribution >= 0.6 is 0 Å². The van der Waals surface area contributed by atoms with Crippen LogP contribution in [0, 0.1) is 17.8 Å². The maximum Gasteiger partial charge on any atom is 0.236 e. The molecular formula is C26H39N3O2. The van der Waals surface area contributed by atoms with Gasteiger partial charge in [0, 0.05) is 32.1 Å². The fraction of sp³-hybridized carbons (Fsp3) is 0.692. The van der Waals surface area contributed by atoms with Crippen molar-refractivity contribution in [2.24, 2.45) is 17.8 Å². The molecule has 5 nitrogen and oxygen atoms in total. The topological polar surface area (TPSA) is 43.9 Å². The smallest absolute Gasteiger partial charge is 0.236 e. The Labute approximate surface area is 187 Å². The molecule has 170 valence electrons. The molecule has 1 aromatic carbocycles. The second kappa shape index (κ2) is 10.6. The minimum atomic E-state index is 0.160. The van der Waals surface area contributed by atoms with Crippen LogP contribution in [0.3, 0.4) is 0 Å². The molecule has 5 heteroatoms. The van der Waals surface area contributed by atoms with Crippen LogP contribution in [0.5, 0.6) is 0 Å². The number of hydrogen-bond donors (Lipinski definition) is 0. The summed E-state index contributed by atoms with van der Waals surface area (Å²) < 4.78 is 0. The summed E-state index contributed by atoms with van der Waals surface area (Å²) in [6, 6.07) is 10.4. The van der Waals surface area contributed by atoms with E-state index in [0.717, 1.165) is 90.1 Å². The van der Waals surface area contributed by atoms with E-state index in [2.05, 4.69) is 45.9 Å². The van der Waals surface area contributed by atoms with Crippen molar-refractivity contribution in [3.05, 3.63) is 35.9 Å². The quantitative estimate of drug-likeness (QED) is 0.721. The maximum absolute atomic E-state index is 13.4. The number of rotatable bonds is 5. The Bertz CT molecular complexity index is 721. The molecule has 2 amide bonds. The Morgan fingerprint density at radius 3 is 2.32 bits per heavy atom. The van der Waals surface area contributed by atoms with Crippen LogP contribution < -0.4 is 0 Å². The number of carbonyl (C=O) groups excluding carboxylic acids is 2. The number of piperidine rings is 2. The van der Waals surface area contributed by atoms with Crippen molar-refractivity contribution in [1.29, 1.82) is 0 Å². The van der Waals surface area contributed by atoms with Crippen molar-refractivity contribution >= 4 is 11.8 Å². The van der Waals surface area contributed by atoms with Crippen LogP contribution in [0.15, 0.2) is 30.3 Å². The molecule has 31 heavy (non-hydrogen) atoms. The summed E-state index contributed by atoms with van der Waals surface area (Å²) in [5.74, 6) is 2.03. The Balaban J connectivity index is 1.28. The SMILES string of the molecule is CC1CCN(C(=O)CN2CCC([C@H]3CCCCN(Cc4ccccc4)C3=O)CC2)CC1. The van der Waals surface area contributed by atoms with Gasteiger partial charge >= 0.3 is 0 Å². The van der Waals surface area contributed by atoms with Gasteiger partial charge in [-0.2, -0.15) is 0 Å². The Morgan fingerprint density at radius 2 is 1.61 bits per heavy atom. The highest BCUT2D eigenvalue weighted by Crippen LogP contribution is 2.32. The minimum Gasteiger partial charge on any atom is -0.342 e. The van der Waals surface area contributed by atoms with Crippen molar-refractivity contribution in [1.82, 2.24) is 14.7 Å². The average molecular weight is 426 g/mol. The van der Waals surface area contributed by atoms with E-state index in [-0.39, 0.29) is 5.92 Å².